The van der Waals surface area contributed by atoms with E-state index in [-0.39, 0.29) is 5.91 Å². The van der Waals surface area contributed by atoms with Crippen LogP contribution in [0.4, 0.5) is 13.2 Å². The molecule has 1 aromatic rings. The molecule has 0 aliphatic carbocycles. The zero-order chi connectivity index (χ0) is 18.4. The second-order valence-corrected chi connectivity index (χ2v) is 6.73. The molecule has 1 N–H and O–H groups in total. The highest BCUT2D eigenvalue weighted by Gasteiger charge is 2.30. The lowest BCUT2D eigenvalue weighted by Crippen LogP contribution is -2.37. The lowest BCUT2D eigenvalue weighted by molar-refractivity contribution is -0.137. The number of likely N-dealkylation sites (N-methyl/N-ethyl adjacent to an activating group) is 2. The number of carbonyl (C=O) groups is 1. The minimum Gasteiger partial charge on any atom is -0.356 e. The molecule has 0 aromatic heterocycles. The number of rotatable bonds is 7. The third-order valence-corrected chi connectivity index (χ3v) is 4.67. The Morgan fingerprint density at radius 2 is 2.16 bits per heavy atom. The van der Waals surface area contributed by atoms with E-state index in [0.717, 1.165) is 31.6 Å². The summed E-state index contributed by atoms with van der Waals surface area (Å²) in [6.45, 7) is 3.13. The highest BCUT2D eigenvalue weighted by molar-refractivity contribution is 5.76. The molecule has 0 unspecified atom stereocenters. The van der Waals surface area contributed by atoms with Crippen molar-refractivity contribution in [2.75, 3.05) is 40.3 Å². The Morgan fingerprint density at radius 1 is 1.40 bits per heavy atom. The van der Waals surface area contributed by atoms with Gasteiger partial charge in [0.1, 0.15) is 0 Å². The minimum atomic E-state index is -4.34. The van der Waals surface area contributed by atoms with Crippen molar-refractivity contribution >= 4 is 5.91 Å². The van der Waals surface area contributed by atoms with Gasteiger partial charge in [-0.2, -0.15) is 13.2 Å². The lowest BCUT2D eigenvalue weighted by atomic mass is 10.1. The molecule has 25 heavy (non-hydrogen) atoms. The molecule has 0 bridgehead atoms. The summed E-state index contributed by atoms with van der Waals surface area (Å²) in [4.78, 5) is 16.4. The van der Waals surface area contributed by atoms with E-state index < -0.39 is 11.7 Å². The van der Waals surface area contributed by atoms with Gasteiger partial charge >= 0.3 is 6.18 Å². The second-order valence-electron chi connectivity index (χ2n) is 6.73. The van der Waals surface area contributed by atoms with Gasteiger partial charge in [0.2, 0.25) is 5.91 Å². The van der Waals surface area contributed by atoms with Gasteiger partial charge in [0, 0.05) is 32.1 Å². The highest BCUT2D eigenvalue weighted by Crippen LogP contribution is 2.29. The Kier molecular flexibility index (Phi) is 6.84. The number of nitrogens with one attached hydrogen (secondary N) is 1. The van der Waals surface area contributed by atoms with Crippen molar-refractivity contribution in [3.05, 3.63) is 35.4 Å². The molecule has 1 aliphatic rings. The zero-order valence-electron chi connectivity index (χ0n) is 14.8. The Labute approximate surface area is 147 Å². The van der Waals surface area contributed by atoms with E-state index in [4.69, 9.17) is 0 Å². The van der Waals surface area contributed by atoms with Crippen molar-refractivity contribution < 1.29 is 18.0 Å². The number of benzene rings is 1. The Morgan fingerprint density at radius 3 is 2.80 bits per heavy atom. The fraction of sp³-hybridized carbons (Fsp3) is 0.611. The molecule has 1 aromatic carbocycles. The van der Waals surface area contributed by atoms with Gasteiger partial charge in [-0.1, -0.05) is 18.2 Å². The third kappa shape index (κ3) is 6.32. The monoisotopic (exact) mass is 357 g/mol. The van der Waals surface area contributed by atoms with Crippen molar-refractivity contribution in [1.82, 2.24) is 15.1 Å². The van der Waals surface area contributed by atoms with Crippen molar-refractivity contribution in [3.8, 4) is 0 Å². The maximum atomic E-state index is 12.7. The smallest absolute Gasteiger partial charge is 0.356 e. The predicted octanol–water partition coefficient (Wildman–Crippen LogP) is 2.39. The summed E-state index contributed by atoms with van der Waals surface area (Å²) in [6, 6.07) is 5.72. The first-order valence-corrected chi connectivity index (χ1v) is 8.57. The van der Waals surface area contributed by atoms with Gasteiger partial charge in [0.05, 0.1) is 5.56 Å². The maximum absolute atomic E-state index is 12.7. The van der Waals surface area contributed by atoms with E-state index in [9.17, 15) is 18.0 Å². The van der Waals surface area contributed by atoms with E-state index >= 15 is 0 Å². The molecule has 1 aliphatic heterocycles. The SMILES string of the molecule is CN1CC[C@H](N(C)CCC(=O)NCCc2cccc(C(F)(F)F)c2)C1. The predicted molar refractivity (Wildman–Crippen MR) is 91.3 cm³/mol. The van der Waals surface area contributed by atoms with Crippen LogP contribution in [-0.4, -0.2) is 62.0 Å². The van der Waals surface area contributed by atoms with Crippen LogP contribution in [0.5, 0.6) is 0 Å². The molecular weight excluding hydrogens is 331 g/mol. The van der Waals surface area contributed by atoms with Crippen LogP contribution in [0.3, 0.4) is 0 Å². The molecule has 1 saturated heterocycles. The van der Waals surface area contributed by atoms with Gasteiger partial charge in [-0.05, 0) is 45.1 Å². The van der Waals surface area contributed by atoms with E-state index in [0.29, 0.717) is 37.5 Å². The first-order chi connectivity index (χ1) is 11.8. The van der Waals surface area contributed by atoms with Gasteiger partial charge in [-0.25, -0.2) is 0 Å². The van der Waals surface area contributed by atoms with Gasteiger partial charge in [-0.3, -0.25) is 4.79 Å². The quantitative estimate of drug-likeness (QED) is 0.814. The van der Waals surface area contributed by atoms with E-state index in [2.05, 4.69) is 22.2 Å². The standard InChI is InChI=1S/C18H26F3N3O/c1-23-10-7-16(13-23)24(2)11-8-17(25)22-9-6-14-4-3-5-15(12-14)18(19,20)21/h3-5,12,16H,6-11,13H2,1-2H3,(H,22,25)/t16-/m0/s1. The van der Waals surface area contributed by atoms with E-state index in [1.165, 1.54) is 6.07 Å². The van der Waals surface area contributed by atoms with Gasteiger partial charge < -0.3 is 15.1 Å². The third-order valence-electron chi connectivity index (χ3n) is 4.67. The van der Waals surface area contributed by atoms with Crippen LogP contribution in [0.2, 0.25) is 0 Å². The molecule has 0 saturated carbocycles. The number of nitrogens with zero attached hydrogens (tertiary/aromatic N) is 2. The summed E-state index contributed by atoms with van der Waals surface area (Å²) >= 11 is 0. The Bertz CT molecular complexity index is 577. The largest absolute Gasteiger partial charge is 0.416 e. The highest BCUT2D eigenvalue weighted by atomic mass is 19.4. The van der Waals surface area contributed by atoms with Crippen molar-refractivity contribution in [1.29, 1.82) is 0 Å². The molecule has 1 heterocycles. The summed E-state index contributed by atoms with van der Waals surface area (Å²) in [5, 5.41) is 2.79. The Balaban J connectivity index is 1.68. The van der Waals surface area contributed by atoms with Crippen LogP contribution in [0, 0.1) is 0 Å². The van der Waals surface area contributed by atoms with Crippen LogP contribution < -0.4 is 5.32 Å². The molecular formula is C18H26F3N3O. The summed E-state index contributed by atoms with van der Waals surface area (Å²) in [5.74, 6) is -0.0647. The zero-order valence-corrected chi connectivity index (χ0v) is 14.8. The van der Waals surface area contributed by atoms with Gasteiger partial charge in [-0.15, -0.1) is 0 Å². The fourth-order valence-electron chi connectivity index (χ4n) is 3.07. The number of amides is 1. The molecule has 140 valence electrons. The molecule has 7 heteroatoms. The first kappa shape index (κ1) is 19.7. The van der Waals surface area contributed by atoms with Gasteiger partial charge in [0.25, 0.3) is 0 Å². The molecule has 4 nitrogen and oxygen atoms in total. The minimum absolute atomic E-state index is 0.0647. The average Bonchev–Trinajstić information content (AvgIpc) is 2.99. The normalized spacial score (nSPS) is 18.7. The number of alkyl halides is 3. The molecule has 0 spiro atoms. The maximum Gasteiger partial charge on any atom is 0.416 e. The second kappa shape index (κ2) is 8.67. The van der Waals surface area contributed by atoms with Crippen molar-refractivity contribution in [3.63, 3.8) is 0 Å². The van der Waals surface area contributed by atoms with Gasteiger partial charge in [0.15, 0.2) is 0 Å². The lowest BCUT2D eigenvalue weighted by Gasteiger charge is -2.23. The molecule has 1 amide bonds. The fourth-order valence-corrected chi connectivity index (χ4v) is 3.07. The first-order valence-electron chi connectivity index (χ1n) is 8.57. The number of hydrogen-bond acceptors (Lipinski definition) is 3. The topological polar surface area (TPSA) is 35.6 Å². The summed E-state index contributed by atoms with van der Waals surface area (Å²) in [7, 11) is 4.12. The number of halogens is 3. The van der Waals surface area contributed by atoms with Crippen LogP contribution in [0.1, 0.15) is 24.0 Å². The van der Waals surface area contributed by atoms with Crippen LogP contribution in [-0.2, 0) is 17.4 Å². The summed E-state index contributed by atoms with van der Waals surface area (Å²) < 4.78 is 38.0. The number of hydrogen-bond donors (Lipinski definition) is 1. The Hall–Kier alpha value is -1.60. The van der Waals surface area contributed by atoms with Crippen molar-refractivity contribution in [2.45, 2.75) is 31.5 Å². The average molecular weight is 357 g/mol. The number of likely N-dealkylation sites (tertiary alicyclic amines) is 1. The van der Waals surface area contributed by atoms with Crippen molar-refractivity contribution in [2.24, 2.45) is 0 Å². The molecule has 0 radical (unpaired) electrons. The molecule has 1 atom stereocenters. The summed E-state index contributed by atoms with van der Waals surface area (Å²) in [5.41, 5.74) is -0.0827. The van der Waals surface area contributed by atoms with E-state index in [1.54, 1.807) is 6.07 Å². The molecule has 2 rings (SSSR count). The van der Waals surface area contributed by atoms with E-state index in [1.807, 2.05) is 7.05 Å². The number of carbonyl (C=O) groups excluding carboxylic acids is 1. The summed E-state index contributed by atoms with van der Waals surface area (Å²) in [6.07, 6.45) is -2.43. The van der Waals surface area contributed by atoms with Crippen LogP contribution in [0.25, 0.3) is 0 Å². The van der Waals surface area contributed by atoms with Crippen LogP contribution >= 0.6 is 0 Å². The molecule has 1 fully saturated rings. The van der Waals surface area contributed by atoms with Crippen LogP contribution in [0.15, 0.2) is 24.3 Å².